The summed E-state index contributed by atoms with van der Waals surface area (Å²) in [5, 5.41) is -0.160. The smallest absolute Gasteiger partial charge is 0.240 e. The fourth-order valence-electron chi connectivity index (χ4n) is 1.32. The molecule has 0 fully saturated rings. The molecule has 0 bridgehead atoms. The number of halogens is 2. The Labute approximate surface area is 116 Å². The summed E-state index contributed by atoms with van der Waals surface area (Å²) >= 11 is 5.68. The highest BCUT2D eigenvalue weighted by Crippen LogP contribution is 2.24. The lowest BCUT2D eigenvalue weighted by molar-refractivity contribution is 0.122. The van der Waals surface area contributed by atoms with Gasteiger partial charge in [-0.05, 0) is 24.6 Å². The van der Waals surface area contributed by atoms with Crippen LogP contribution in [0.5, 0.6) is 0 Å². The summed E-state index contributed by atoms with van der Waals surface area (Å²) in [7, 11) is -2.36. The number of rotatable bonds is 6. The minimum absolute atomic E-state index is 0.0480. The molecular weight excluding hydrogens is 295 g/mol. The van der Waals surface area contributed by atoms with Gasteiger partial charge in [0.1, 0.15) is 5.82 Å². The summed E-state index contributed by atoms with van der Waals surface area (Å²) in [6, 6.07) is 2.12. The average molecular weight is 311 g/mol. The molecule has 0 amide bonds. The zero-order chi connectivity index (χ0) is 14.6. The predicted molar refractivity (Wildman–Crippen MR) is 71.0 cm³/mol. The largest absolute Gasteiger partial charge is 0.380 e. The predicted octanol–water partition coefficient (Wildman–Crippen LogP) is 1.25. The molecule has 0 spiro atoms. The molecule has 1 atom stereocenters. The Morgan fingerprint density at radius 1 is 1.53 bits per heavy atom. The van der Waals surface area contributed by atoms with Crippen molar-refractivity contribution >= 4 is 21.6 Å². The van der Waals surface area contributed by atoms with Crippen LogP contribution in [0.2, 0.25) is 5.02 Å². The average Bonchev–Trinajstić information content (AvgIpc) is 2.38. The molecule has 0 heterocycles. The lowest BCUT2D eigenvalue weighted by atomic mass is 10.2. The first-order valence-corrected chi connectivity index (χ1v) is 7.38. The molecule has 0 saturated heterocycles. The van der Waals surface area contributed by atoms with E-state index in [1.165, 1.54) is 13.2 Å². The van der Waals surface area contributed by atoms with Crippen molar-refractivity contribution in [3.8, 4) is 0 Å². The zero-order valence-corrected chi connectivity index (χ0v) is 12.2. The second kappa shape index (κ2) is 6.62. The monoisotopic (exact) mass is 310 g/mol. The normalized spacial score (nSPS) is 13.5. The third-order valence-electron chi connectivity index (χ3n) is 2.57. The van der Waals surface area contributed by atoms with E-state index in [0.717, 1.165) is 6.07 Å². The first-order chi connectivity index (χ1) is 8.81. The van der Waals surface area contributed by atoms with Gasteiger partial charge in [-0.1, -0.05) is 11.6 Å². The number of nitrogens with one attached hydrogen (secondary N) is 1. The van der Waals surface area contributed by atoms with Crippen molar-refractivity contribution < 1.29 is 17.5 Å². The van der Waals surface area contributed by atoms with E-state index < -0.39 is 15.8 Å². The van der Waals surface area contributed by atoms with Gasteiger partial charge >= 0.3 is 0 Å². The molecule has 0 aliphatic carbocycles. The maximum absolute atomic E-state index is 13.5. The minimum atomic E-state index is -3.82. The van der Waals surface area contributed by atoms with Crippen LogP contribution < -0.4 is 10.5 Å². The van der Waals surface area contributed by atoms with Crippen LogP contribution >= 0.6 is 11.6 Å². The van der Waals surface area contributed by atoms with E-state index in [1.54, 1.807) is 6.92 Å². The summed E-state index contributed by atoms with van der Waals surface area (Å²) in [5.41, 5.74) is 5.63. The van der Waals surface area contributed by atoms with Crippen LogP contribution in [0.1, 0.15) is 12.5 Å². The van der Waals surface area contributed by atoms with E-state index in [0.29, 0.717) is 0 Å². The lowest BCUT2D eigenvalue weighted by Gasteiger charge is -2.12. The molecule has 0 aliphatic rings. The third-order valence-corrected chi connectivity index (χ3v) is 4.40. The van der Waals surface area contributed by atoms with Crippen molar-refractivity contribution in [2.45, 2.75) is 24.5 Å². The molecule has 19 heavy (non-hydrogen) atoms. The number of sulfonamides is 1. The molecule has 0 aliphatic heterocycles. The van der Waals surface area contributed by atoms with Crippen LogP contribution in [0, 0.1) is 5.82 Å². The lowest BCUT2D eigenvalue weighted by Crippen LogP contribution is -2.31. The zero-order valence-electron chi connectivity index (χ0n) is 10.6. The van der Waals surface area contributed by atoms with Crippen LogP contribution in [-0.4, -0.2) is 28.2 Å². The van der Waals surface area contributed by atoms with Gasteiger partial charge in [0.25, 0.3) is 0 Å². The molecule has 5 nitrogen and oxygen atoms in total. The van der Waals surface area contributed by atoms with Crippen molar-refractivity contribution in [1.82, 2.24) is 4.72 Å². The van der Waals surface area contributed by atoms with Gasteiger partial charge in [0.2, 0.25) is 10.0 Å². The number of ether oxygens (including phenoxy) is 1. The Morgan fingerprint density at radius 2 is 2.16 bits per heavy atom. The van der Waals surface area contributed by atoms with Gasteiger partial charge in [-0.15, -0.1) is 0 Å². The Morgan fingerprint density at radius 3 is 2.68 bits per heavy atom. The van der Waals surface area contributed by atoms with Crippen molar-refractivity contribution in [2.75, 3.05) is 13.7 Å². The van der Waals surface area contributed by atoms with Crippen LogP contribution in [0.3, 0.4) is 0 Å². The number of methoxy groups -OCH3 is 1. The fraction of sp³-hybridized carbons (Fsp3) is 0.455. The summed E-state index contributed by atoms with van der Waals surface area (Å²) in [6.45, 7) is 1.74. The van der Waals surface area contributed by atoms with E-state index in [9.17, 15) is 12.8 Å². The van der Waals surface area contributed by atoms with Gasteiger partial charge in [-0.3, -0.25) is 0 Å². The number of hydrogen-bond donors (Lipinski definition) is 2. The molecule has 3 N–H and O–H groups in total. The quantitative estimate of drug-likeness (QED) is 0.828. The Kier molecular flexibility index (Phi) is 5.69. The van der Waals surface area contributed by atoms with Gasteiger partial charge in [0.15, 0.2) is 0 Å². The van der Waals surface area contributed by atoms with Gasteiger partial charge in [-0.2, -0.15) is 0 Å². The van der Waals surface area contributed by atoms with Crippen molar-refractivity contribution in [3.63, 3.8) is 0 Å². The molecule has 0 aromatic heterocycles. The SMILES string of the molecule is COC(C)CNS(=O)(=O)c1cc(F)c(Cl)c(CN)c1. The van der Waals surface area contributed by atoms with Crippen molar-refractivity contribution in [2.24, 2.45) is 5.73 Å². The highest BCUT2D eigenvalue weighted by molar-refractivity contribution is 7.89. The standard InChI is InChI=1S/C11H16ClFN2O3S/c1-7(18-2)6-15-19(16,17)9-3-8(5-14)11(12)10(13)4-9/h3-4,7,15H,5-6,14H2,1-2H3. The molecular formula is C11H16ClFN2O3S. The van der Waals surface area contributed by atoms with E-state index in [4.69, 9.17) is 22.1 Å². The van der Waals surface area contributed by atoms with E-state index >= 15 is 0 Å². The Balaban J connectivity index is 3.05. The Hall–Kier alpha value is -0.730. The summed E-state index contributed by atoms with van der Waals surface area (Å²) in [4.78, 5) is -0.210. The molecule has 0 saturated carbocycles. The number of nitrogens with two attached hydrogens (primary N) is 1. The van der Waals surface area contributed by atoms with Gasteiger partial charge in [0.05, 0.1) is 16.0 Å². The molecule has 108 valence electrons. The molecule has 8 heteroatoms. The van der Waals surface area contributed by atoms with E-state index in [2.05, 4.69) is 4.72 Å². The van der Waals surface area contributed by atoms with Crippen LogP contribution in [-0.2, 0) is 21.3 Å². The maximum Gasteiger partial charge on any atom is 0.240 e. The summed E-state index contributed by atoms with van der Waals surface area (Å²) in [5.74, 6) is -0.815. The topological polar surface area (TPSA) is 81.4 Å². The molecule has 1 unspecified atom stereocenters. The van der Waals surface area contributed by atoms with E-state index in [1.807, 2.05) is 0 Å². The highest BCUT2D eigenvalue weighted by atomic mass is 35.5. The summed E-state index contributed by atoms with van der Waals surface area (Å²) < 4.78 is 44.7. The van der Waals surface area contributed by atoms with Crippen LogP contribution in [0.25, 0.3) is 0 Å². The molecule has 1 rings (SSSR count). The van der Waals surface area contributed by atoms with Crippen molar-refractivity contribution in [3.05, 3.63) is 28.5 Å². The molecule has 1 aromatic rings. The van der Waals surface area contributed by atoms with Gasteiger partial charge in [-0.25, -0.2) is 17.5 Å². The second-order valence-corrected chi connectivity index (χ2v) is 6.13. The van der Waals surface area contributed by atoms with Crippen molar-refractivity contribution in [1.29, 1.82) is 0 Å². The minimum Gasteiger partial charge on any atom is -0.380 e. The highest BCUT2D eigenvalue weighted by Gasteiger charge is 2.19. The Bertz CT molecular complexity index is 551. The van der Waals surface area contributed by atoms with Gasteiger partial charge in [0, 0.05) is 20.2 Å². The third kappa shape index (κ3) is 4.12. The van der Waals surface area contributed by atoms with Crippen LogP contribution in [0.4, 0.5) is 4.39 Å². The summed E-state index contributed by atoms with van der Waals surface area (Å²) in [6.07, 6.45) is -0.291. The fourth-order valence-corrected chi connectivity index (χ4v) is 2.68. The molecule has 0 radical (unpaired) electrons. The van der Waals surface area contributed by atoms with E-state index in [-0.39, 0.29) is 34.7 Å². The maximum atomic E-state index is 13.5. The number of hydrogen-bond acceptors (Lipinski definition) is 4. The van der Waals surface area contributed by atoms with Gasteiger partial charge < -0.3 is 10.5 Å². The first kappa shape index (κ1) is 16.3. The number of benzene rings is 1. The van der Waals surface area contributed by atoms with Crippen LogP contribution in [0.15, 0.2) is 17.0 Å². The first-order valence-electron chi connectivity index (χ1n) is 5.52. The molecule has 1 aromatic carbocycles. The second-order valence-electron chi connectivity index (χ2n) is 3.98.